The van der Waals surface area contributed by atoms with Crippen LogP contribution in [0.2, 0.25) is 0 Å². The van der Waals surface area contributed by atoms with Gasteiger partial charge in [0, 0.05) is 6.04 Å². The van der Waals surface area contributed by atoms with E-state index in [1.54, 1.807) is 0 Å². The maximum absolute atomic E-state index is 10.6. The number of unbranched alkanes of at least 4 members (excludes halogenated alkanes) is 8. The Kier molecular flexibility index (Phi) is 16.0. The lowest BCUT2D eigenvalue weighted by molar-refractivity contribution is -0.110. The molecule has 0 aromatic rings. The predicted molar refractivity (Wildman–Crippen MR) is 103 cm³/mol. The molecule has 0 saturated heterocycles. The third-order valence-corrected chi connectivity index (χ3v) is 5.24. The molecule has 1 N–H and O–H groups in total. The van der Waals surface area contributed by atoms with Gasteiger partial charge in [-0.2, -0.15) is 0 Å². The van der Waals surface area contributed by atoms with Crippen molar-refractivity contribution in [2.75, 3.05) is 0 Å². The van der Waals surface area contributed by atoms with Crippen molar-refractivity contribution in [1.82, 2.24) is 5.32 Å². The van der Waals surface area contributed by atoms with Crippen molar-refractivity contribution in [3.8, 4) is 0 Å². The van der Waals surface area contributed by atoms with Crippen molar-refractivity contribution in [3.05, 3.63) is 0 Å². The number of carbonyl (C=O) groups excluding carboxylic acids is 1. The first-order valence-electron chi connectivity index (χ1n) is 10.3. The van der Waals surface area contributed by atoms with Crippen LogP contribution in [0.4, 0.5) is 0 Å². The molecule has 2 atom stereocenters. The minimum absolute atomic E-state index is 0.310. The molecule has 0 saturated carbocycles. The molecule has 0 radical (unpaired) electrons. The van der Waals surface area contributed by atoms with Crippen molar-refractivity contribution in [2.24, 2.45) is 11.8 Å². The Bertz CT molecular complexity index is 240. The van der Waals surface area contributed by atoms with Gasteiger partial charge in [0.05, 0.1) is 0 Å². The van der Waals surface area contributed by atoms with Crippen LogP contribution in [-0.4, -0.2) is 12.5 Å². The summed E-state index contributed by atoms with van der Waals surface area (Å²) in [5.74, 6) is 1.56. The second kappa shape index (κ2) is 16.3. The van der Waals surface area contributed by atoms with E-state index >= 15 is 0 Å². The van der Waals surface area contributed by atoms with Crippen molar-refractivity contribution in [2.45, 2.75) is 117 Å². The van der Waals surface area contributed by atoms with Crippen molar-refractivity contribution < 1.29 is 4.79 Å². The third kappa shape index (κ3) is 13.6. The van der Waals surface area contributed by atoms with Crippen molar-refractivity contribution in [3.63, 3.8) is 0 Å². The quantitative estimate of drug-likeness (QED) is 0.240. The molecule has 1 amide bonds. The number of rotatable bonds is 17. The highest BCUT2D eigenvalue weighted by Gasteiger charge is 2.19. The molecule has 0 spiro atoms. The SMILES string of the molecule is CCCCCCCC(CCCCCCC)C(C)CC(C)NC=O. The highest BCUT2D eigenvalue weighted by Crippen LogP contribution is 2.28. The van der Waals surface area contributed by atoms with Gasteiger partial charge in [-0.1, -0.05) is 97.8 Å². The van der Waals surface area contributed by atoms with Crippen LogP contribution in [0.5, 0.6) is 0 Å². The van der Waals surface area contributed by atoms with Gasteiger partial charge in [-0.3, -0.25) is 4.79 Å². The van der Waals surface area contributed by atoms with E-state index in [0.29, 0.717) is 6.04 Å². The molecule has 0 aliphatic carbocycles. The largest absolute Gasteiger partial charge is 0.356 e. The van der Waals surface area contributed by atoms with Crippen molar-refractivity contribution >= 4 is 6.41 Å². The number of hydrogen-bond donors (Lipinski definition) is 1. The van der Waals surface area contributed by atoms with E-state index in [9.17, 15) is 4.79 Å². The molecule has 0 rings (SSSR count). The van der Waals surface area contributed by atoms with Gasteiger partial charge >= 0.3 is 0 Å². The average molecular weight is 326 g/mol. The second-order valence-electron chi connectivity index (χ2n) is 7.56. The summed E-state index contributed by atoms with van der Waals surface area (Å²) in [7, 11) is 0. The summed E-state index contributed by atoms with van der Waals surface area (Å²) in [5.41, 5.74) is 0. The number of carbonyl (C=O) groups is 1. The molecular formula is C21H43NO. The van der Waals surface area contributed by atoms with E-state index in [1.165, 1.54) is 77.0 Å². The van der Waals surface area contributed by atoms with Gasteiger partial charge in [-0.05, 0) is 25.2 Å². The molecule has 23 heavy (non-hydrogen) atoms. The lowest BCUT2D eigenvalue weighted by Crippen LogP contribution is -2.28. The monoisotopic (exact) mass is 325 g/mol. The molecule has 2 nitrogen and oxygen atoms in total. The van der Waals surface area contributed by atoms with Gasteiger partial charge in [-0.15, -0.1) is 0 Å². The van der Waals surface area contributed by atoms with Crippen LogP contribution >= 0.6 is 0 Å². The Morgan fingerprint density at radius 1 is 0.783 bits per heavy atom. The number of nitrogens with one attached hydrogen (secondary N) is 1. The summed E-state index contributed by atoms with van der Waals surface area (Å²) in [6, 6.07) is 0.310. The highest BCUT2D eigenvalue weighted by atomic mass is 16.1. The van der Waals surface area contributed by atoms with Crippen LogP contribution in [0.15, 0.2) is 0 Å². The molecule has 0 aromatic carbocycles. The fourth-order valence-corrected chi connectivity index (χ4v) is 3.67. The van der Waals surface area contributed by atoms with E-state index in [2.05, 4.69) is 33.0 Å². The first-order chi connectivity index (χ1) is 11.2. The topological polar surface area (TPSA) is 29.1 Å². The summed E-state index contributed by atoms with van der Waals surface area (Å²) in [4.78, 5) is 10.6. The predicted octanol–water partition coefficient (Wildman–Crippen LogP) is 6.48. The van der Waals surface area contributed by atoms with E-state index in [1.807, 2.05) is 0 Å². The van der Waals surface area contributed by atoms with Crippen LogP contribution in [0.3, 0.4) is 0 Å². The van der Waals surface area contributed by atoms with E-state index in [4.69, 9.17) is 0 Å². The first-order valence-corrected chi connectivity index (χ1v) is 10.3. The Labute approximate surface area is 146 Å². The fraction of sp³-hybridized carbons (Fsp3) is 0.952. The second-order valence-corrected chi connectivity index (χ2v) is 7.56. The summed E-state index contributed by atoms with van der Waals surface area (Å²) < 4.78 is 0. The van der Waals surface area contributed by atoms with Crippen LogP contribution < -0.4 is 5.32 Å². The molecule has 0 aliphatic rings. The van der Waals surface area contributed by atoms with Gasteiger partial charge in [0.1, 0.15) is 0 Å². The Hall–Kier alpha value is -0.530. The van der Waals surface area contributed by atoms with Gasteiger partial charge in [0.25, 0.3) is 0 Å². The fourth-order valence-electron chi connectivity index (χ4n) is 3.67. The Morgan fingerprint density at radius 3 is 1.70 bits per heavy atom. The summed E-state index contributed by atoms with van der Waals surface area (Å²) in [5, 5.41) is 2.92. The summed E-state index contributed by atoms with van der Waals surface area (Å²) in [6.07, 6.45) is 18.5. The third-order valence-electron chi connectivity index (χ3n) is 5.24. The zero-order chi connectivity index (χ0) is 17.3. The molecule has 0 aliphatic heterocycles. The smallest absolute Gasteiger partial charge is 0.207 e. The van der Waals surface area contributed by atoms with Crippen LogP contribution in [0, 0.1) is 11.8 Å². The lowest BCUT2D eigenvalue weighted by atomic mass is 9.81. The zero-order valence-corrected chi connectivity index (χ0v) is 16.4. The molecule has 0 heterocycles. The molecule has 0 bridgehead atoms. The van der Waals surface area contributed by atoms with E-state index in [0.717, 1.165) is 24.7 Å². The Morgan fingerprint density at radius 2 is 1.26 bits per heavy atom. The molecule has 0 aromatic heterocycles. The molecule has 0 fully saturated rings. The van der Waals surface area contributed by atoms with Gasteiger partial charge < -0.3 is 5.32 Å². The standard InChI is InChI=1S/C21H43NO/c1-5-7-9-11-13-15-21(16-14-12-10-8-6-2)19(3)17-20(4)22-18-23/h18-21H,5-17H2,1-4H3,(H,22,23). The summed E-state index contributed by atoms with van der Waals surface area (Å²) >= 11 is 0. The molecular weight excluding hydrogens is 282 g/mol. The van der Waals surface area contributed by atoms with Crippen LogP contribution in [-0.2, 0) is 4.79 Å². The summed E-state index contributed by atoms with van der Waals surface area (Å²) in [6.45, 7) is 9.08. The van der Waals surface area contributed by atoms with Gasteiger partial charge in [0.15, 0.2) is 0 Å². The van der Waals surface area contributed by atoms with Crippen molar-refractivity contribution in [1.29, 1.82) is 0 Å². The van der Waals surface area contributed by atoms with E-state index < -0.39 is 0 Å². The normalized spacial score (nSPS) is 14.0. The van der Waals surface area contributed by atoms with Crippen LogP contribution in [0.25, 0.3) is 0 Å². The average Bonchev–Trinajstić information content (AvgIpc) is 2.52. The van der Waals surface area contributed by atoms with Gasteiger partial charge in [-0.25, -0.2) is 0 Å². The first kappa shape index (κ1) is 22.5. The Balaban J connectivity index is 4.14. The lowest BCUT2D eigenvalue weighted by Gasteiger charge is -2.26. The van der Waals surface area contributed by atoms with Gasteiger partial charge in [0.2, 0.25) is 6.41 Å². The molecule has 138 valence electrons. The maximum atomic E-state index is 10.6. The van der Waals surface area contributed by atoms with E-state index in [-0.39, 0.29) is 0 Å². The minimum atomic E-state index is 0.310. The minimum Gasteiger partial charge on any atom is -0.356 e. The molecule has 2 heteroatoms. The highest BCUT2D eigenvalue weighted by molar-refractivity contribution is 5.46. The van der Waals surface area contributed by atoms with Crippen LogP contribution in [0.1, 0.15) is 111 Å². The zero-order valence-electron chi connectivity index (χ0n) is 16.4. The number of hydrogen-bond acceptors (Lipinski definition) is 1. The maximum Gasteiger partial charge on any atom is 0.207 e. The molecule has 2 unspecified atom stereocenters. The number of amides is 1.